The lowest BCUT2D eigenvalue weighted by atomic mass is 10.2. The molecule has 0 aromatic heterocycles. The van der Waals surface area contributed by atoms with Gasteiger partial charge in [-0.05, 0) is 117 Å². The van der Waals surface area contributed by atoms with Crippen LogP contribution in [0.25, 0.3) is 0 Å². The predicted octanol–water partition coefficient (Wildman–Crippen LogP) is 7.10. The van der Waals surface area contributed by atoms with Crippen LogP contribution < -0.4 is 14.2 Å². The van der Waals surface area contributed by atoms with E-state index in [0.29, 0.717) is 14.7 Å². The number of esters is 3. The summed E-state index contributed by atoms with van der Waals surface area (Å²) in [7, 11) is -7.20. The van der Waals surface area contributed by atoms with Crippen LogP contribution in [-0.2, 0) is 38.7 Å². The summed E-state index contributed by atoms with van der Waals surface area (Å²) in [6.07, 6.45) is 0.989. The van der Waals surface area contributed by atoms with Crippen molar-refractivity contribution < 1.29 is 54.9 Å². The van der Waals surface area contributed by atoms with Crippen molar-refractivity contribution >= 4 is 38.3 Å². The second-order valence-corrected chi connectivity index (χ2v) is 19.1. The van der Waals surface area contributed by atoms with Gasteiger partial charge in [-0.2, -0.15) is 8.42 Å². The first-order chi connectivity index (χ1) is 23.4. The number of hydrogen-bond donors (Lipinski definition) is 0. The van der Waals surface area contributed by atoms with Crippen molar-refractivity contribution in [1.82, 2.24) is 0 Å². The van der Waals surface area contributed by atoms with Gasteiger partial charge in [0.15, 0.2) is 19.8 Å². The van der Waals surface area contributed by atoms with Crippen molar-refractivity contribution in [3.8, 4) is 17.2 Å². The fraction of sp³-hybridized carbons (Fsp3) is 0.432. The van der Waals surface area contributed by atoms with Gasteiger partial charge in [-0.1, -0.05) is 18.2 Å². The minimum absolute atomic E-state index is 0.258. The molecule has 0 saturated carbocycles. The molecule has 0 bridgehead atoms. The van der Waals surface area contributed by atoms with Crippen LogP contribution in [0.2, 0.25) is 0 Å². The maximum atomic E-state index is 13.2. The van der Waals surface area contributed by atoms with Crippen LogP contribution in [0.4, 0.5) is 0 Å². The molecule has 0 amide bonds. The zero-order valence-electron chi connectivity index (χ0n) is 30.8. The van der Waals surface area contributed by atoms with Crippen molar-refractivity contribution in [2.24, 2.45) is 0 Å². The molecule has 0 saturated heterocycles. The second-order valence-electron chi connectivity index (χ2n) is 14.4. The summed E-state index contributed by atoms with van der Waals surface area (Å²) in [6.45, 7) is 14.5. The Morgan fingerprint density at radius 3 is 1.04 bits per heavy atom. The van der Waals surface area contributed by atoms with E-state index in [-0.39, 0.29) is 17.2 Å². The molecule has 3 aromatic carbocycles. The molecular formula is C37H49O12S2+. The highest BCUT2D eigenvalue weighted by atomic mass is 32.3. The van der Waals surface area contributed by atoms with Crippen LogP contribution in [0.15, 0.2) is 87.5 Å². The van der Waals surface area contributed by atoms with Gasteiger partial charge in [0, 0.05) is 0 Å². The van der Waals surface area contributed by atoms with Crippen molar-refractivity contribution in [3.05, 3.63) is 72.8 Å². The molecule has 280 valence electrons. The fourth-order valence-corrected chi connectivity index (χ4v) is 9.68. The summed E-state index contributed by atoms with van der Waals surface area (Å²) < 4.78 is 64.5. The van der Waals surface area contributed by atoms with Crippen molar-refractivity contribution in [2.75, 3.05) is 26.1 Å². The Hall–Kier alpha value is -4.27. The molecule has 0 atom stereocenters. The minimum Gasteiger partial charge on any atom is -0.482 e. The maximum Gasteiger partial charge on any atom is 0.387 e. The molecule has 3 aromatic rings. The van der Waals surface area contributed by atoms with Gasteiger partial charge in [-0.3, -0.25) is 3.63 Å². The molecule has 12 nitrogen and oxygen atoms in total. The molecule has 3 rings (SSSR count). The van der Waals surface area contributed by atoms with Gasteiger partial charge < -0.3 is 28.4 Å². The summed E-state index contributed by atoms with van der Waals surface area (Å²) in [4.78, 5) is 38.6. The van der Waals surface area contributed by atoms with Crippen LogP contribution >= 0.6 is 10.3 Å². The molecule has 0 unspecified atom stereocenters. The van der Waals surface area contributed by atoms with E-state index in [9.17, 15) is 22.8 Å². The number of benzene rings is 3. The molecule has 14 heteroatoms. The Bertz CT molecular complexity index is 1620. The topological polar surface area (TPSA) is 154 Å². The van der Waals surface area contributed by atoms with Gasteiger partial charge in [-0.15, -0.1) is 0 Å². The number of carbonyl (C=O) groups excluding carboxylic acids is 3. The van der Waals surface area contributed by atoms with Crippen molar-refractivity contribution in [3.63, 3.8) is 0 Å². The molecular weight excluding hydrogens is 701 g/mol. The molecule has 0 aliphatic heterocycles. The Balaban J connectivity index is 2.18. The number of carbonyl (C=O) groups is 3. The largest absolute Gasteiger partial charge is 0.482 e. The van der Waals surface area contributed by atoms with Gasteiger partial charge in [0.05, 0.1) is 25.0 Å². The maximum absolute atomic E-state index is 13.2. The van der Waals surface area contributed by atoms with E-state index in [4.69, 9.17) is 28.4 Å². The highest BCUT2D eigenvalue weighted by molar-refractivity contribution is 8.32. The third kappa shape index (κ3) is 13.8. The smallest absolute Gasteiger partial charge is 0.387 e. The summed E-state index contributed by atoms with van der Waals surface area (Å²) >= 11 is 0. The Morgan fingerprint density at radius 2 is 0.804 bits per heavy atom. The molecule has 0 spiro atoms. The quantitative estimate of drug-likeness (QED) is 0.0718. The van der Waals surface area contributed by atoms with Crippen LogP contribution in [-0.4, -0.2) is 72.8 Å². The lowest BCUT2D eigenvalue weighted by Gasteiger charge is -2.35. The molecule has 0 heterocycles. The Kier molecular flexibility index (Phi) is 13.2. The first-order valence-electron chi connectivity index (χ1n) is 16.1. The van der Waals surface area contributed by atoms with Crippen LogP contribution in [0.5, 0.6) is 17.2 Å². The van der Waals surface area contributed by atoms with E-state index in [0.717, 1.165) is 6.26 Å². The summed E-state index contributed by atoms with van der Waals surface area (Å²) in [5.74, 6) is -0.984. The Labute approximate surface area is 302 Å². The summed E-state index contributed by atoms with van der Waals surface area (Å²) in [5.41, 5.74) is -2.16. The van der Waals surface area contributed by atoms with Crippen molar-refractivity contribution in [1.29, 1.82) is 0 Å². The first-order valence-corrected chi connectivity index (χ1v) is 19.5. The zero-order valence-corrected chi connectivity index (χ0v) is 32.4. The molecule has 51 heavy (non-hydrogen) atoms. The third-order valence-corrected chi connectivity index (χ3v) is 10.8. The molecule has 0 radical (unpaired) electrons. The van der Waals surface area contributed by atoms with Crippen LogP contribution in [0, 0.1) is 0 Å². The van der Waals surface area contributed by atoms with E-state index in [1.807, 2.05) is 0 Å². The van der Waals surface area contributed by atoms with Crippen LogP contribution in [0.1, 0.15) is 62.3 Å². The predicted molar refractivity (Wildman–Crippen MR) is 193 cm³/mol. The van der Waals surface area contributed by atoms with Gasteiger partial charge >= 0.3 is 28.0 Å². The Morgan fingerprint density at radius 1 is 0.529 bits per heavy atom. The molecule has 1 N–H and O–H groups in total. The number of rotatable bonds is 14. The molecule has 0 aliphatic rings. The lowest BCUT2D eigenvalue weighted by Crippen LogP contribution is -2.27. The van der Waals surface area contributed by atoms with E-state index in [1.165, 1.54) is 0 Å². The standard InChI is InChI=1S/C37H48O12S2/c1-35(2,3)46-32(38)23-43-26-14-11-17-29(20-26)51(49-50(10,41)42,30-18-12-15-27(21-30)44-24-33(39)47-36(4,5)6)31-19-13-16-28(22-31)45-25-34(40)48-37(7,8)9/h11-22H,23-25H2,1-10H3/p+1. The average Bonchev–Trinajstić information content (AvgIpc) is 2.98. The normalized spacial score (nSPS) is 12.7. The van der Waals surface area contributed by atoms with Gasteiger partial charge in [0.1, 0.15) is 40.3 Å². The van der Waals surface area contributed by atoms with Gasteiger partial charge in [0.25, 0.3) is 0 Å². The van der Waals surface area contributed by atoms with E-state index < -0.39 is 75.0 Å². The average molecular weight is 750 g/mol. The number of ether oxygens (including phenoxy) is 6. The minimum atomic E-state index is -4.09. The summed E-state index contributed by atoms with van der Waals surface area (Å²) in [6, 6.07) is 19.8. The van der Waals surface area contributed by atoms with E-state index in [1.54, 1.807) is 135 Å². The highest BCUT2D eigenvalue weighted by Gasteiger charge is 2.42. The first kappa shape index (κ1) is 41.2. The molecule has 0 fully saturated rings. The fourth-order valence-electron chi connectivity index (χ4n) is 4.52. The van der Waals surface area contributed by atoms with E-state index in [2.05, 4.69) is 3.63 Å². The summed E-state index contributed by atoms with van der Waals surface area (Å²) in [5, 5.41) is 0. The monoisotopic (exact) mass is 749 g/mol. The van der Waals surface area contributed by atoms with Crippen LogP contribution in [0.3, 0.4) is 0 Å². The highest BCUT2D eigenvalue weighted by Crippen LogP contribution is 2.69. The number of hydrogen-bond acceptors (Lipinski definition) is 11. The van der Waals surface area contributed by atoms with Crippen molar-refractivity contribution in [2.45, 2.75) is 93.8 Å². The molecule has 0 aliphatic carbocycles. The second kappa shape index (κ2) is 16.4. The van der Waals surface area contributed by atoms with E-state index >= 15 is 0 Å². The third-order valence-electron chi connectivity index (χ3n) is 6.02. The zero-order chi connectivity index (χ0) is 38.3. The lowest BCUT2D eigenvalue weighted by molar-refractivity contribution is -0.158. The van der Waals surface area contributed by atoms with Gasteiger partial charge in [-0.25, -0.2) is 14.4 Å². The SMILES string of the molecule is CC(C)(C)OC(=O)COc1cccc(S([OH+]S(C)(=O)=O)(c2cccc(OCC(=O)OC(C)(C)C)c2)c2cccc(OCC(=O)OC(C)(C)C)c2)c1. The van der Waals surface area contributed by atoms with Gasteiger partial charge in [0.2, 0.25) is 0 Å².